The van der Waals surface area contributed by atoms with E-state index < -0.39 is 6.10 Å². The number of aliphatic hydroxyl groups excluding tert-OH is 1. The second-order valence-corrected chi connectivity index (χ2v) is 5.44. The van der Waals surface area contributed by atoms with Gasteiger partial charge in [-0.2, -0.15) is 0 Å². The van der Waals surface area contributed by atoms with Gasteiger partial charge in [-0.15, -0.1) is 0 Å². The summed E-state index contributed by atoms with van der Waals surface area (Å²) in [5.41, 5.74) is 0.855. The van der Waals surface area contributed by atoms with Crippen LogP contribution in [0.3, 0.4) is 0 Å². The van der Waals surface area contributed by atoms with Crippen LogP contribution in [-0.4, -0.2) is 49.0 Å². The Morgan fingerprint density at radius 3 is 3.00 bits per heavy atom. The van der Waals surface area contributed by atoms with Crippen molar-refractivity contribution in [3.05, 3.63) is 33.8 Å². The van der Waals surface area contributed by atoms with Crippen molar-refractivity contribution in [3.63, 3.8) is 0 Å². The highest BCUT2D eigenvalue weighted by atomic mass is 35.5. The van der Waals surface area contributed by atoms with Gasteiger partial charge in [0.2, 0.25) is 0 Å². The van der Waals surface area contributed by atoms with E-state index >= 15 is 0 Å². The summed E-state index contributed by atoms with van der Waals surface area (Å²) in [4.78, 5) is 2.15. The van der Waals surface area contributed by atoms with E-state index in [0.29, 0.717) is 23.1 Å². The Morgan fingerprint density at radius 1 is 1.50 bits per heavy atom. The number of halogens is 2. The normalized spacial score (nSPS) is 23.0. The van der Waals surface area contributed by atoms with Crippen LogP contribution in [0.1, 0.15) is 5.56 Å². The van der Waals surface area contributed by atoms with Gasteiger partial charge in [-0.3, -0.25) is 0 Å². The number of aliphatic hydroxyl groups is 1. The van der Waals surface area contributed by atoms with E-state index in [1.165, 1.54) is 0 Å². The molecule has 5 heteroatoms. The van der Waals surface area contributed by atoms with Crippen molar-refractivity contribution < 1.29 is 9.84 Å². The van der Waals surface area contributed by atoms with Crippen molar-refractivity contribution in [1.82, 2.24) is 4.90 Å². The highest BCUT2D eigenvalue weighted by Crippen LogP contribution is 2.27. The minimum atomic E-state index is -0.566. The van der Waals surface area contributed by atoms with Gasteiger partial charge in [0.15, 0.2) is 0 Å². The highest BCUT2D eigenvalue weighted by molar-refractivity contribution is 6.42. The average Bonchev–Trinajstić information content (AvgIpc) is 2.35. The summed E-state index contributed by atoms with van der Waals surface area (Å²) in [6, 6.07) is 5.46. The summed E-state index contributed by atoms with van der Waals surface area (Å²) < 4.78 is 5.58. The van der Waals surface area contributed by atoms with E-state index in [0.717, 1.165) is 18.7 Å². The molecule has 1 fully saturated rings. The first kappa shape index (κ1) is 14.1. The molecule has 100 valence electrons. The zero-order valence-corrected chi connectivity index (χ0v) is 11.8. The van der Waals surface area contributed by atoms with Gasteiger partial charge in [-0.1, -0.05) is 35.3 Å². The number of ether oxygens (including phenoxy) is 1. The van der Waals surface area contributed by atoms with Gasteiger partial charge in [0.25, 0.3) is 0 Å². The Labute approximate surface area is 117 Å². The van der Waals surface area contributed by atoms with E-state index in [1.807, 2.05) is 19.2 Å². The Balaban J connectivity index is 2.02. The molecule has 2 unspecified atom stereocenters. The standard InChI is InChI=1S/C13H17Cl2NO2/c1-16-5-6-18-12(8-16)11(17)7-9-3-2-4-10(14)13(9)15/h2-4,11-12,17H,5-8H2,1H3. The first-order valence-electron chi connectivity index (χ1n) is 5.99. The summed E-state index contributed by atoms with van der Waals surface area (Å²) in [5.74, 6) is 0. The lowest BCUT2D eigenvalue weighted by Crippen LogP contribution is -2.46. The maximum Gasteiger partial charge on any atom is 0.0964 e. The van der Waals surface area contributed by atoms with Gasteiger partial charge in [-0.25, -0.2) is 0 Å². The highest BCUT2D eigenvalue weighted by Gasteiger charge is 2.25. The van der Waals surface area contributed by atoms with Crippen molar-refractivity contribution in [2.24, 2.45) is 0 Å². The quantitative estimate of drug-likeness (QED) is 0.926. The van der Waals surface area contributed by atoms with Gasteiger partial charge in [0.05, 0.1) is 28.9 Å². The Hall–Kier alpha value is -0.320. The van der Waals surface area contributed by atoms with Gasteiger partial charge < -0.3 is 14.7 Å². The SMILES string of the molecule is CN1CCOC(C(O)Cc2cccc(Cl)c2Cl)C1. The van der Waals surface area contributed by atoms with Crippen LogP contribution in [0.2, 0.25) is 10.0 Å². The van der Waals surface area contributed by atoms with Crippen LogP contribution in [0.4, 0.5) is 0 Å². The lowest BCUT2D eigenvalue weighted by atomic mass is 10.0. The van der Waals surface area contributed by atoms with Crippen LogP contribution in [0.5, 0.6) is 0 Å². The number of rotatable bonds is 3. The molecule has 1 aromatic carbocycles. The predicted molar refractivity (Wildman–Crippen MR) is 73.4 cm³/mol. The minimum Gasteiger partial charge on any atom is -0.390 e. The monoisotopic (exact) mass is 289 g/mol. The second-order valence-electron chi connectivity index (χ2n) is 4.66. The second kappa shape index (κ2) is 6.22. The third-order valence-corrected chi connectivity index (χ3v) is 4.04. The summed E-state index contributed by atoms with van der Waals surface area (Å²) in [6.45, 7) is 2.29. The number of morpholine rings is 1. The van der Waals surface area contributed by atoms with Crippen LogP contribution < -0.4 is 0 Å². The third-order valence-electron chi connectivity index (χ3n) is 3.19. The lowest BCUT2D eigenvalue weighted by Gasteiger charge is -2.33. The molecule has 1 aliphatic heterocycles. The maximum absolute atomic E-state index is 10.2. The third kappa shape index (κ3) is 3.37. The molecule has 1 N–H and O–H groups in total. The molecule has 3 nitrogen and oxygen atoms in total. The van der Waals surface area contributed by atoms with Crippen molar-refractivity contribution in [2.45, 2.75) is 18.6 Å². The number of likely N-dealkylation sites (N-methyl/N-ethyl adjacent to an activating group) is 1. The van der Waals surface area contributed by atoms with E-state index in [2.05, 4.69) is 4.90 Å². The fraction of sp³-hybridized carbons (Fsp3) is 0.538. The molecule has 18 heavy (non-hydrogen) atoms. The van der Waals surface area contributed by atoms with E-state index in [9.17, 15) is 5.11 Å². The molecule has 1 heterocycles. The molecule has 0 radical (unpaired) electrons. The largest absolute Gasteiger partial charge is 0.390 e. The number of hydrogen-bond acceptors (Lipinski definition) is 3. The zero-order valence-electron chi connectivity index (χ0n) is 10.3. The first-order chi connectivity index (χ1) is 8.58. The molecule has 0 spiro atoms. The van der Waals surface area contributed by atoms with Crippen molar-refractivity contribution in [1.29, 1.82) is 0 Å². The van der Waals surface area contributed by atoms with E-state index in [1.54, 1.807) is 6.07 Å². The molecular formula is C13H17Cl2NO2. The molecule has 2 atom stereocenters. The summed E-state index contributed by atoms with van der Waals surface area (Å²) in [5, 5.41) is 11.2. The number of hydrogen-bond donors (Lipinski definition) is 1. The fourth-order valence-corrected chi connectivity index (χ4v) is 2.50. The molecule has 1 aromatic rings. The molecule has 2 rings (SSSR count). The number of benzene rings is 1. The molecule has 1 saturated heterocycles. The van der Waals surface area contributed by atoms with Crippen molar-refractivity contribution in [3.8, 4) is 0 Å². The number of nitrogens with zero attached hydrogens (tertiary/aromatic N) is 1. The molecular weight excluding hydrogens is 273 g/mol. The van der Waals surface area contributed by atoms with Crippen LogP contribution in [0.25, 0.3) is 0 Å². The van der Waals surface area contributed by atoms with Crippen molar-refractivity contribution in [2.75, 3.05) is 26.7 Å². The van der Waals surface area contributed by atoms with Gasteiger partial charge in [0.1, 0.15) is 0 Å². The molecule has 0 bridgehead atoms. The predicted octanol–water partition coefficient (Wildman–Crippen LogP) is 2.23. The van der Waals surface area contributed by atoms with Gasteiger partial charge >= 0.3 is 0 Å². The maximum atomic E-state index is 10.2. The molecule has 0 saturated carbocycles. The zero-order chi connectivity index (χ0) is 13.1. The lowest BCUT2D eigenvalue weighted by molar-refractivity contribution is -0.0823. The van der Waals surface area contributed by atoms with Crippen molar-refractivity contribution >= 4 is 23.2 Å². The van der Waals surface area contributed by atoms with Gasteiger partial charge in [0, 0.05) is 19.5 Å². The minimum absolute atomic E-state index is 0.168. The average molecular weight is 290 g/mol. The first-order valence-corrected chi connectivity index (χ1v) is 6.74. The summed E-state index contributed by atoms with van der Waals surface area (Å²) in [7, 11) is 2.02. The van der Waals surface area contributed by atoms with Gasteiger partial charge in [-0.05, 0) is 18.7 Å². The van der Waals surface area contributed by atoms with Crippen LogP contribution in [0.15, 0.2) is 18.2 Å². The smallest absolute Gasteiger partial charge is 0.0964 e. The van der Waals surface area contributed by atoms with E-state index in [-0.39, 0.29) is 6.10 Å². The molecule has 0 aliphatic carbocycles. The Bertz CT molecular complexity index is 414. The topological polar surface area (TPSA) is 32.7 Å². The van der Waals surface area contributed by atoms with E-state index in [4.69, 9.17) is 27.9 Å². The molecule has 1 aliphatic rings. The molecule has 0 aromatic heterocycles. The molecule has 0 amide bonds. The van der Waals surface area contributed by atoms with Crippen LogP contribution in [-0.2, 0) is 11.2 Å². The fourth-order valence-electron chi connectivity index (χ4n) is 2.11. The Morgan fingerprint density at radius 2 is 2.28 bits per heavy atom. The Kier molecular flexibility index (Phi) is 4.87. The summed E-state index contributed by atoms with van der Waals surface area (Å²) >= 11 is 12.1. The van der Waals surface area contributed by atoms with Crippen LogP contribution >= 0.6 is 23.2 Å². The summed E-state index contributed by atoms with van der Waals surface area (Å²) in [6.07, 6.45) is -0.278. The van der Waals surface area contributed by atoms with Crippen LogP contribution in [0, 0.1) is 0 Å².